The van der Waals surface area contributed by atoms with Crippen molar-refractivity contribution in [2.75, 3.05) is 13.7 Å². The van der Waals surface area contributed by atoms with Crippen molar-refractivity contribution in [3.8, 4) is 5.88 Å². The zero-order chi connectivity index (χ0) is 26.3. The lowest BCUT2D eigenvalue weighted by Crippen LogP contribution is -2.62. The Balaban J connectivity index is 1.53. The summed E-state index contributed by atoms with van der Waals surface area (Å²) in [5.74, 6) is 1.21. The zero-order valence-corrected chi connectivity index (χ0v) is 21.9. The van der Waals surface area contributed by atoms with Gasteiger partial charge in [0.1, 0.15) is 5.56 Å². The lowest BCUT2D eigenvalue weighted by atomic mass is 9.47. The molecule has 10 heteroatoms. The number of alkyl carbamates (subject to hydrolysis) is 1. The Labute approximate surface area is 212 Å². The second-order valence-electron chi connectivity index (χ2n) is 11.8. The number of carbonyl (C=O) groups is 3. The van der Waals surface area contributed by atoms with E-state index in [1.807, 2.05) is 27.7 Å². The van der Waals surface area contributed by atoms with E-state index in [0.717, 1.165) is 32.1 Å². The maximum absolute atomic E-state index is 13.5. The number of amides is 3. The first-order chi connectivity index (χ1) is 16.9. The van der Waals surface area contributed by atoms with Crippen molar-refractivity contribution in [1.29, 1.82) is 0 Å². The van der Waals surface area contributed by atoms with E-state index >= 15 is 0 Å². The van der Waals surface area contributed by atoms with Crippen LogP contribution in [-0.4, -0.2) is 53.0 Å². The highest BCUT2D eigenvalue weighted by atomic mass is 16.5. The summed E-state index contributed by atoms with van der Waals surface area (Å²) in [6, 6.07) is 0.0153. The van der Waals surface area contributed by atoms with Gasteiger partial charge in [0.2, 0.25) is 11.8 Å². The number of hydrogen-bond acceptors (Lipinski definition) is 6. The first-order valence-corrected chi connectivity index (χ1v) is 12.8. The highest BCUT2D eigenvalue weighted by Crippen LogP contribution is 2.59. The molecular formula is C26H39N5O5. The number of carbonyl (C=O) groups excluding carboxylic acids is 3. The van der Waals surface area contributed by atoms with E-state index in [-0.39, 0.29) is 35.6 Å². The average Bonchev–Trinajstić information content (AvgIpc) is 3.20. The fourth-order valence-corrected chi connectivity index (χ4v) is 6.41. The molecule has 4 saturated carbocycles. The number of rotatable bonds is 9. The smallest absolute Gasteiger partial charge is 0.407 e. The minimum Gasteiger partial charge on any atom is -0.477 e. The molecule has 4 N–H and O–H groups in total. The normalized spacial score (nSPS) is 28.9. The Bertz CT molecular complexity index is 1030. The number of aromatic nitrogens is 2. The van der Waals surface area contributed by atoms with E-state index in [9.17, 15) is 14.4 Å². The van der Waals surface area contributed by atoms with Gasteiger partial charge in [-0.15, -0.1) is 0 Å². The molecule has 1 aromatic heterocycles. The van der Waals surface area contributed by atoms with Gasteiger partial charge in [0, 0.05) is 17.7 Å². The molecule has 198 valence electrons. The predicted molar refractivity (Wildman–Crippen MR) is 134 cm³/mol. The number of nitrogens with one attached hydrogen (secondary N) is 2. The molecule has 1 heterocycles. The Kier molecular flexibility index (Phi) is 7.07. The molecule has 4 aliphatic rings. The third-order valence-corrected chi connectivity index (χ3v) is 7.88. The minimum absolute atomic E-state index is 0.0153. The number of hydrogen-bond donors (Lipinski definition) is 3. The van der Waals surface area contributed by atoms with Crippen molar-refractivity contribution in [1.82, 2.24) is 20.4 Å². The van der Waals surface area contributed by atoms with Crippen molar-refractivity contribution in [3.05, 3.63) is 17.8 Å². The summed E-state index contributed by atoms with van der Waals surface area (Å²) in [6.45, 7) is 8.11. The third kappa shape index (κ3) is 5.22. The van der Waals surface area contributed by atoms with Crippen LogP contribution >= 0.6 is 0 Å². The van der Waals surface area contributed by atoms with E-state index < -0.39 is 17.0 Å². The summed E-state index contributed by atoms with van der Waals surface area (Å²) in [6.07, 6.45) is 8.83. The van der Waals surface area contributed by atoms with Crippen LogP contribution in [0.25, 0.3) is 6.20 Å². The number of nitrogens with zero attached hydrogens (tertiary/aromatic N) is 2. The maximum atomic E-state index is 13.5. The van der Waals surface area contributed by atoms with Crippen molar-refractivity contribution < 1.29 is 23.9 Å². The van der Waals surface area contributed by atoms with Gasteiger partial charge in [0.25, 0.3) is 5.91 Å². The van der Waals surface area contributed by atoms with Gasteiger partial charge in [0.15, 0.2) is 0 Å². The first-order valence-electron chi connectivity index (χ1n) is 12.8. The van der Waals surface area contributed by atoms with E-state index in [4.69, 9.17) is 10.5 Å². The molecule has 4 aliphatic carbocycles. The van der Waals surface area contributed by atoms with Crippen molar-refractivity contribution in [3.63, 3.8) is 0 Å². The van der Waals surface area contributed by atoms with Crippen molar-refractivity contribution in [2.24, 2.45) is 34.8 Å². The van der Waals surface area contributed by atoms with Crippen LogP contribution in [-0.2, 0) is 9.53 Å². The van der Waals surface area contributed by atoms with Gasteiger partial charge in [-0.1, -0.05) is 13.8 Å². The highest BCUT2D eigenvalue weighted by molar-refractivity contribution is 5.96. The second kappa shape index (κ2) is 9.78. The summed E-state index contributed by atoms with van der Waals surface area (Å²) in [4.78, 5) is 37.4. The molecule has 0 aliphatic heterocycles. The molecule has 0 saturated heterocycles. The molecule has 5 rings (SSSR count). The second-order valence-corrected chi connectivity index (χ2v) is 11.8. The molecule has 4 fully saturated rings. The van der Waals surface area contributed by atoms with E-state index in [1.54, 1.807) is 12.3 Å². The van der Waals surface area contributed by atoms with Gasteiger partial charge in [-0.3, -0.25) is 9.59 Å². The summed E-state index contributed by atoms with van der Waals surface area (Å²) in [7, 11) is 1.31. The number of nitrogens with two attached hydrogens (primary N) is 1. The van der Waals surface area contributed by atoms with Gasteiger partial charge < -0.3 is 25.8 Å². The van der Waals surface area contributed by atoms with Crippen LogP contribution in [0.4, 0.5) is 4.79 Å². The summed E-state index contributed by atoms with van der Waals surface area (Å²) < 4.78 is 12.2. The van der Waals surface area contributed by atoms with Gasteiger partial charge >= 0.3 is 6.09 Å². The third-order valence-electron chi connectivity index (χ3n) is 7.88. The van der Waals surface area contributed by atoms with Crippen LogP contribution in [0, 0.1) is 29.1 Å². The number of methoxy groups -OCH3 is 1. The van der Waals surface area contributed by atoms with Crippen LogP contribution in [0.15, 0.2) is 12.3 Å². The zero-order valence-electron chi connectivity index (χ0n) is 21.9. The van der Waals surface area contributed by atoms with Gasteiger partial charge in [-0.2, -0.15) is 5.10 Å². The molecule has 0 radical (unpaired) electrons. The van der Waals surface area contributed by atoms with Crippen LogP contribution in [0.5, 0.6) is 5.88 Å². The monoisotopic (exact) mass is 501 g/mol. The number of ether oxygens (including phenoxy) is 2. The van der Waals surface area contributed by atoms with Gasteiger partial charge in [-0.25, -0.2) is 9.48 Å². The van der Waals surface area contributed by atoms with Crippen molar-refractivity contribution in [2.45, 2.75) is 71.4 Å². The average molecular weight is 502 g/mol. The van der Waals surface area contributed by atoms with Crippen LogP contribution in [0.2, 0.25) is 0 Å². The predicted octanol–water partition coefficient (Wildman–Crippen LogP) is 2.93. The Morgan fingerprint density at radius 2 is 1.92 bits per heavy atom. The fraction of sp³-hybridized carbons (Fsp3) is 0.692. The molecule has 4 bridgehead atoms. The van der Waals surface area contributed by atoms with Crippen LogP contribution in [0.1, 0.15) is 70.2 Å². The van der Waals surface area contributed by atoms with E-state index in [1.165, 1.54) is 18.0 Å². The largest absolute Gasteiger partial charge is 0.477 e. The Hall–Kier alpha value is -3.04. The molecule has 2 unspecified atom stereocenters. The molecule has 10 nitrogen and oxygen atoms in total. The lowest BCUT2D eigenvalue weighted by Gasteiger charge is -2.58. The minimum atomic E-state index is -0.715. The molecule has 0 aromatic carbocycles. The molecule has 3 amide bonds. The maximum Gasteiger partial charge on any atom is 0.407 e. The first kappa shape index (κ1) is 26.0. The lowest BCUT2D eigenvalue weighted by molar-refractivity contribution is -0.145. The topological polar surface area (TPSA) is 138 Å². The quantitative estimate of drug-likeness (QED) is 0.476. The van der Waals surface area contributed by atoms with E-state index in [2.05, 4.69) is 20.5 Å². The fourth-order valence-electron chi connectivity index (χ4n) is 6.41. The molecular weight excluding hydrogens is 462 g/mol. The summed E-state index contributed by atoms with van der Waals surface area (Å²) in [5, 5.41) is 10.4. The molecule has 36 heavy (non-hydrogen) atoms. The van der Waals surface area contributed by atoms with Gasteiger partial charge in [0.05, 0.1) is 25.5 Å². The summed E-state index contributed by atoms with van der Waals surface area (Å²) in [5.41, 5.74) is 5.06. The van der Waals surface area contributed by atoms with Crippen LogP contribution in [0.3, 0.4) is 0 Å². The molecule has 2 atom stereocenters. The SMILES string of the molecule is COC(=O)NC(C)(C)/C=C/n1ncc(C(=O)NC2C3CC4CC2CC(C(N)=O)(C4)C3)c1OCC(C)C. The van der Waals surface area contributed by atoms with Crippen molar-refractivity contribution >= 4 is 24.1 Å². The number of primary amides is 1. The molecule has 0 spiro atoms. The van der Waals surface area contributed by atoms with Crippen LogP contribution < -0.4 is 21.1 Å². The standard InChI is InChI=1S/C26H39N5O5/c1-15(2)14-36-22-19(13-28-31(22)7-6-25(3,4)30-24(34)35-5)21(32)29-20-17-8-16-9-18(20)12-26(10-16,11-17)23(27)33/h6-7,13,15-18,20H,8-12,14H2,1-5H3,(H2,27,33)(H,29,32)(H,30,34)/b7-6+. The van der Waals surface area contributed by atoms with E-state index in [0.29, 0.717) is 24.0 Å². The Morgan fingerprint density at radius 1 is 1.25 bits per heavy atom. The molecule has 1 aromatic rings. The van der Waals surface area contributed by atoms with Gasteiger partial charge in [-0.05, 0) is 75.7 Å². The highest BCUT2D eigenvalue weighted by Gasteiger charge is 2.58. The Morgan fingerprint density at radius 3 is 2.50 bits per heavy atom. The summed E-state index contributed by atoms with van der Waals surface area (Å²) >= 11 is 0.